The van der Waals surface area contributed by atoms with E-state index >= 15 is 0 Å². The molecular weight excluding hydrogens is 740 g/mol. The molecule has 7 unspecified atom stereocenters. The number of hydrogen-bond acceptors (Lipinski definition) is 8. The van der Waals surface area contributed by atoms with Crippen molar-refractivity contribution in [3.63, 3.8) is 0 Å². The minimum atomic E-state index is -0.812. The topological polar surface area (TPSA) is 165 Å². The quantitative estimate of drug-likeness (QED) is 0.184. The molecule has 284 valence electrons. The number of allylic oxidation sites excluding steroid dienone is 4. The van der Waals surface area contributed by atoms with Crippen molar-refractivity contribution in [2.45, 2.75) is 83.3 Å². The molecule has 6 saturated carbocycles. The minimum absolute atomic E-state index is 0.0128. The lowest BCUT2D eigenvalue weighted by Crippen LogP contribution is -2.75. The number of carbonyl (C=O) groups is 5. The summed E-state index contributed by atoms with van der Waals surface area (Å²) in [7, 11) is 2.01. The smallest absolute Gasteiger partial charge is 0.265 e. The molecule has 7 aliphatic rings. The molecule has 0 aromatic heterocycles. The van der Waals surface area contributed by atoms with Crippen LogP contribution in [0.3, 0.4) is 0 Å². The van der Waals surface area contributed by atoms with Gasteiger partial charge in [-0.2, -0.15) is 0 Å². The van der Waals surface area contributed by atoms with E-state index < -0.39 is 35.4 Å². The largest absolute Gasteiger partial charge is 0.393 e. The number of fused-ring (bicyclic) bond motifs is 5. The lowest BCUT2D eigenvalue weighted by Gasteiger charge is -2.71. The van der Waals surface area contributed by atoms with Crippen LogP contribution in [0, 0.1) is 39.4 Å². The standard InChI is InChI=1S/C41H51BrN4O7/c1-37-12-10-28(48)14-26(37)6-9-29-30-11-13-41(32(50)20-47,38(30,2)16-31(49)36(29)37)24-46(3)27-7-4-25(5-8-27)15-39-21-40(22-39,23-39)45-35(53)19-44-34(52)18-43-33(51)17-42/h4-5,7-8,10,12,14,19,29-31,36,47,49H,6,9,11,13,15-18,20-24H2,1-3H3,(H,43,51)(H,45,53)/b44-19+. The van der Waals surface area contributed by atoms with Crippen LogP contribution in [0.15, 0.2) is 53.1 Å². The Balaban J connectivity index is 0.976. The van der Waals surface area contributed by atoms with E-state index in [1.54, 1.807) is 12.2 Å². The van der Waals surface area contributed by atoms with Crippen LogP contribution in [0.5, 0.6) is 0 Å². The molecule has 0 aliphatic heterocycles. The second-order valence-electron chi connectivity index (χ2n) is 17.5. The van der Waals surface area contributed by atoms with Crippen molar-refractivity contribution in [2.24, 2.45) is 44.4 Å². The van der Waals surface area contributed by atoms with Gasteiger partial charge in [0, 0.05) is 36.2 Å². The number of hydrogen-bond donors (Lipinski definition) is 4. The van der Waals surface area contributed by atoms with Gasteiger partial charge in [0.05, 0.1) is 29.6 Å². The number of halogens is 1. The van der Waals surface area contributed by atoms with Crippen molar-refractivity contribution in [2.75, 3.05) is 37.0 Å². The van der Waals surface area contributed by atoms with Crippen LogP contribution in [-0.4, -0.2) is 89.4 Å². The highest BCUT2D eigenvalue weighted by Gasteiger charge is 2.69. The molecule has 4 N–H and O–H groups in total. The highest BCUT2D eigenvalue weighted by Crippen LogP contribution is 2.70. The highest BCUT2D eigenvalue weighted by molar-refractivity contribution is 9.09. The predicted octanol–water partition coefficient (Wildman–Crippen LogP) is 3.64. The first-order valence-corrected chi connectivity index (χ1v) is 20.0. The second kappa shape index (κ2) is 13.7. The van der Waals surface area contributed by atoms with Gasteiger partial charge in [0.1, 0.15) is 6.61 Å². The SMILES string of the molecule is CN(CC1(C(=O)CO)CCC2C3CCC4=CC(=O)C=CC4(C)C3C(O)CC21C)c1ccc(CC23CC(NC(=O)/C=N/C(=O)CNC(=O)CBr)(C2)C3)cc1. The Morgan fingerprint density at radius 1 is 1.09 bits per heavy atom. The van der Waals surface area contributed by atoms with Crippen LogP contribution in [-0.2, 0) is 30.4 Å². The number of rotatable bonds is 12. The maximum absolute atomic E-state index is 14.0. The van der Waals surface area contributed by atoms with Crippen LogP contribution in [0.1, 0.15) is 70.8 Å². The van der Waals surface area contributed by atoms with E-state index in [2.05, 4.69) is 74.6 Å². The van der Waals surface area contributed by atoms with Crippen LogP contribution in [0.4, 0.5) is 5.69 Å². The summed E-state index contributed by atoms with van der Waals surface area (Å²) in [5.41, 5.74) is 1.50. The van der Waals surface area contributed by atoms with Crippen LogP contribution < -0.4 is 15.5 Å². The van der Waals surface area contributed by atoms with Gasteiger partial charge in [-0.1, -0.05) is 53.6 Å². The molecular formula is C41H51BrN4O7. The van der Waals surface area contributed by atoms with Crippen molar-refractivity contribution in [1.29, 1.82) is 0 Å². The van der Waals surface area contributed by atoms with E-state index in [0.29, 0.717) is 19.4 Å². The number of nitrogens with zero attached hydrogens (tertiary/aromatic N) is 2. The van der Waals surface area contributed by atoms with Crippen molar-refractivity contribution >= 4 is 57.1 Å². The number of amides is 3. The Bertz CT molecular complexity index is 1790. The van der Waals surface area contributed by atoms with Gasteiger partial charge in [0.2, 0.25) is 5.91 Å². The number of ketones is 2. The summed E-state index contributed by atoms with van der Waals surface area (Å²) in [5, 5.41) is 27.8. The zero-order chi connectivity index (χ0) is 38.0. The number of nitrogens with one attached hydrogen (secondary N) is 2. The summed E-state index contributed by atoms with van der Waals surface area (Å²) >= 11 is 3.01. The first-order chi connectivity index (χ1) is 25.1. The summed E-state index contributed by atoms with van der Waals surface area (Å²) < 4.78 is 0. The van der Waals surface area contributed by atoms with E-state index in [4.69, 9.17) is 0 Å². The molecule has 53 heavy (non-hydrogen) atoms. The monoisotopic (exact) mass is 790 g/mol. The van der Waals surface area contributed by atoms with Crippen molar-refractivity contribution < 1.29 is 34.2 Å². The molecule has 7 aliphatic carbocycles. The third-order valence-corrected chi connectivity index (χ3v) is 14.9. The molecule has 6 fully saturated rings. The maximum Gasteiger partial charge on any atom is 0.265 e. The predicted molar refractivity (Wildman–Crippen MR) is 203 cm³/mol. The summed E-state index contributed by atoms with van der Waals surface area (Å²) in [6.45, 7) is 4.01. The Morgan fingerprint density at radius 2 is 1.81 bits per heavy atom. The van der Waals surface area contributed by atoms with Crippen molar-refractivity contribution in [3.8, 4) is 0 Å². The Hall–Kier alpha value is -3.48. The summed E-state index contributed by atoms with van der Waals surface area (Å²) in [4.78, 5) is 67.5. The summed E-state index contributed by atoms with van der Waals surface area (Å²) in [6, 6.07) is 8.46. The lowest BCUT2D eigenvalue weighted by molar-refractivity contribution is -0.161. The summed E-state index contributed by atoms with van der Waals surface area (Å²) in [5.74, 6) is -1.05. The van der Waals surface area contributed by atoms with E-state index in [9.17, 15) is 34.2 Å². The lowest BCUT2D eigenvalue weighted by atomic mass is 9.38. The van der Waals surface area contributed by atoms with Gasteiger partial charge in [-0.3, -0.25) is 24.0 Å². The molecule has 1 aromatic carbocycles. The van der Waals surface area contributed by atoms with Gasteiger partial charge in [-0.15, -0.1) is 0 Å². The Labute approximate surface area is 319 Å². The third-order valence-electron chi connectivity index (χ3n) is 14.4. The van der Waals surface area contributed by atoms with Gasteiger partial charge in [0.15, 0.2) is 11.6 Å². The molecule has 2 bridgehead atoms. The van der Waals surface area contributed by atoms with E-state index in [-0.39, 0.29) is 63.5 Å². The fourth-order valence-corrected chi connectivity index (χ4v) is 12.4. The molecule has 0 spiro atoms. The fraction of sp³-hybridized carbons (Fsp3) is 0.610. The molecule has 11 nitrogen and oxygen atoms in total. The molecule has 1 aromatic rings. The number of aliphatic imine (C=N–C) groups is 1. The maximum atomic E-state index is 14.0. The molecule has 12 heteroatoms. The van der Waals surface area contributed by atoms with E-state index in [1.165, 1.54) is 5.56 Å². The van der Waals surface area contributed by atoms with Gasteiger partial charge >= 0.3 is 0 Å². The number of benzene rings is 1. The molecule has 0 saturated heterocycles. The zero-order valence-electron chi connectivity index (χ0n) is 30.8. The van der Waals surface area contributed by atoms with Crippen LogP contribution in [0.2, 0.25) is 0 Å². The number of carbonyl (C=O) groups excluding carboxylic acids is 5. The van der Waals surface area contributed by atoms with Gasteiger partial charge in [-0.05, 0) is 110 Å². The van der Waals surface area contributed by atoms with Crippen LogP contribution in [0.25, 0.3) is 0 Å². The van der Waals surface area contributed by atoms with E-state index in [1.807, 2.05) is 13.1 Å². The Kier molecular flexibility index (Phi) is 9.76. The highest BCUT2D eigenvalue weighted by atomic mass is 79.9. The number of aliphatic hydroxyl groups is 2. The first kappa shape index (κ1) is 37.8. The molecule has 0 radical (unpaired) electrons. The first-order valence-electron chi connectivity index (χ1n) is 18.9. The van der Waals surface area contributed by atoms with Crippen LogP contribution >= 0.6 is 15.9 Å². The molecule has 3 amide bonds. The number of anilines is 1. The Morgan fingerprint density at radius 3 is 2.49 bits per heavy atom. The van der Waals surface area contributed by atoms with Gasteiger partial charge < -0.3 is 25.7 Å². The molecule has 0 heterocycles. The second-order valence-corrected chi connectivity index (χ2v) is 18.0. The normalized spacial score (nSPS) is 37.7. The third kappa shape index (κ3) is 6.36. The van der Waals surface area contributed by atoms with Gasteiger partial charge in [-0.25, -0.2) is 4.99 Å². The number of Topliss-reactive ketones (excluding diaryl/α,β-unsaturated/α-hetero) is 1. The minimum Gasteiger partial charge on any atom is -0.393 e. The summed E-state index contributed by atoms with van der Waals surface area (Å²) in [6.07, 6.45) is 13.0. The zero-order valence-corrected chi connectivity index (χ0v) is 32.4. The van der Waals surface area contributed by atoms with E-state index in [0.717, 1.165) is 62.4 Å². The van der Waals surface area contributed by atoms with Crippen molar-refractivity contribution in [1.82, 2.24) is 10.6 Å². The fourth-order valence-electron chi connectivity index (χ4n) is 12.2. The molecule has 8 rings (SSSR count). The van der Waals surface area contributed by atoms with Crippen molar-refractivity contribution in [3.05, 3.63) is 53.6 Å². The van der Waals surface area contributed by atoms with Gasteiger partial charge in [0.25, 0.3) is 11.8 Å². The average molecular weight is 792 g/mol. The number of aliphatic hydroxyl groups excluding tert-OH is 2. The average Bonchev–Trinajstić information content (AvgIpc) is 3.39. The number of alkyl halides is 1. The molecule has 7 atom stereocenters.